The molecule has 0 unspecified atom stereocenters. The lowest BCUT2D eigenvalue weighted by molar-refractivity contribution is -0.166. The Morgan fingerprint density at radius 1 is 0.667 bits per heavy atom. The number of ether oxygens (including phenoxy) is 3. The van der Waals surface area contributed by atoms with Gasteiger partial charge in [0.1, 0.15) is 26.2 Å². The van der Waals surface area contributed by atoms with E-state index in [1.165, 1.54) is 0 Å². The first-order valence-electron chi connectivity index (χ1n) is 11.1. The highest BCUT2D eigenvalue weighted by molar-refractivity contribution is 5.83. The van der Waals surface area contributed by atoms with Crippen LogP contribution in [0.5, 0.6) is 0 Å². The number of amides is 1. The van der Waals surface area contributed by atoms with Crippen LogP contribution in [0, 0.1) is 0 Å². The van der Waals surface area contributed by atoms with Gasteiger partial charge in [-0.3, -0.25) is 4.79 Å². The van der Waals surface area contributed by atoms with Crippen LogP contribution in [-0.2, 0) is 43.6 Å². The van der Waals surface area contributed by atoms with E-state index in [1.807, 2.05) is 5.32 Å². The summed E-state index contributed by atoms with van der Waals surface area (Å²) in [6.07, 6.45) is -2.72. The predicted octanol–water partition coefficient (Wildman–Crippen LogP) is 4.79. The van der Waals surface area contributed by atoms with E-state index in [0.29, 0.717) is 16.7 Å². The van der Waals surface area contributed by atoms with Crippen molar-refractivity contribution in [3.05, 3.63) is 108 Å². The van der Waals surface area contributed by atoms with Gasteiger partial charge in [0, 0.05) is 0 Å². The molecule has 3 rings (SSSR count). The Kier molecular flexibility index (Phi) is 9.50. The maximum absolute atomic E-state index is 15.1. The quantitative estimate of drug-likeness (QED) is 0.303. The fourth-order valence-electron chi connectivity index (χ4n) is 3.12. The minimum atomic E-state index is -4.02. The highest BCUT2D eigenvalue weighted by Gasteiger charge is 2.49. The zero-order valence-corrected chi connectivity index (χ0v) is 19.3. The summed E-state index contributed by atoms with van der Waals surface area (Å²) in [5, 5.41) is 1.85. The summed E-state index contributed by atoms with van der Waals surface area (Å²) in [5.41, 5.74) is 1.78. The molecule has 1 N–H and O–H groups in total. The zero-order chi connectivity index (χ0) is 25.8. The van der Waals surface area contributed by atoms with Crippen LogP contribution in [-0.4, -0.2) is 30.0 Å². The Balaban J connectivity index is 1.65. The maximum Gasteiger partial charge on any atom is 0.408 e. The molecule has 3 aromatic rings. The summed E-state index contributed by atoms with van der Waals surface area (Å²) in [6.45, 7) is -0.722. The van der Waals surface area contributed by atoms with Crippen molar-refractivity contribution in [1.82, 2.24) is 5.32 Å². The molecular weight excluding hydrogens is 472 g/mol. The van der Waals surface area contributed by atoms with E-state index in [-0.39, 0.29) is 19.8 Å². The van der Waals surface area contributed by atoms with Gasteiger partial charge in [-0.15, -0.1) is 0 Å². The van der Waals surface area contributed by atoms with E-state index in [1.54, 1.807) is 91.0 Å². The summed E-state index contributed by atoms with van der Waals surface area (Å²) < 4.78 is 45.1. The lowest BCUT2D eigenvalue weighted by atomic mass is 10.1. The van der Waals surface area contributed by atoms with Crippen molar-refractivity contribution in [3.63, 3.8) is 0 Å². The minimum absolute atomic E-state index is 0.205. The van der Waals surface area contributed by atoms with Gasteiger partial charge < -0.3 is 19.5 Å². The van der Waals surface area contributed by atoms with E-state index in [4.69, 9.17) is 14.2 Å². The third kappa shape index (κ3) is 8.50. The topological polar surface area (TPSA) is 90.9 Å². The fraction of sp³-hybridized carbons (Fsp3) is 0.222. The number of carbonyl (C=O) groups is 3. The molecule has 3 aromatic carbocycles. The first kappa shape index (κ1) is 26.3. The fourth-order valence-corrected chi connectivity index (χ4v) is 3.12. The minimum Gasteiger partial charge on any atom is -0.461 e. The molecule has 7 nitrogen and oxygen atoms in total. The van der Waals surface area contributed by atoms with Crippen molar-refractivity contribution in [1.29, 1.82) is 0 Å². The van der Waals surface area contributed by atoms with Crippen LogP contribution in [0.1, 0.15) is 23.1 Å². The standard InChI is InChI=1S/C27H25F2NO6/c28-27(29,16-23(31)34-17-20-10-4-1-5-11-20)24(25(32)35-18-21-12-6-2-7-13-21)30-26(33)36-19-22-14-8-3-9-15-22/h1-15,24H,16-19H2,(H,30,33)/t24-/m0/s1. The number of hydrogen-bond acceptors (Lipinski definition) is 6. The van der Waals surface area contributed by atoms with Crippen molar-refractivity contribution < 1.29 is 37.4 Å². The molecular formula is C27H25F2NO6. The maximum atomic E-state index is 15.1. The molecule has 0 radical (unpaired) electrons. The van der Waals surface area contributed by atoms with Crippen LogP contribution in [0.15, 0.2) is 91.0 Å². The van der Waals surface area contributed by atoms with E-state index in [2.05, 4.69) is 0 Å². The summed E-state index contributed by atoms with van der Waals surface area (Å²) in [4.78, 5) is 37.0. The van der Waals surface area contributed by atoms with E-state index >= 15 is 8.78 Å². The third-order valence-corrected chi connectivity index (χ3v) is 4.98. The monoisotopic (exact) mass is 497 g/mol. The van der Waals surface area contributed by atoms with Crippen LogP contribution in [0.3, 0.4) is 0 Å². The zero-order valence-electron chi connectivity index (χ0n) is 19.3. The summed E-state index contributed by atoms with van der Waals surface area (Å²) >= 11 is 0. The number of rotatable bonds is 11. The Morgan fingerprint density at radius 2 is 1.08 bits per heavy atom. The highest BCUT2D eigenvalue weighted by atomic mass is 19.3. The van der Waals surface area contributed by atoms with Crippen molar-refractivity contribution in [2.75, 3.05) is 0 Å². The summed E-state index contributed by atoms with van der Waals surface area (Å²) in [7, 11) is 0. The second kappa shape index (κ2) is 13.0. The van der Waals surface area contributed by atoms with Gasteiger partial charge >= 0.3 is 18.0 Å². The molecule has 188 valence electrons. The van der Waals surface area contributed by atoms with E-state index < -0.39 is 36.4 Å². The largest absolute Gasteiger partial charge is 0.461 e. The second-order valence-corrected chi connectivity index (χ2v) is 7.82. The first-order valence-corrected chi connectivity index (χ1v) is 11.1. The average molecular weight is 497 g/mol. The van der Waals surface area contributed by atoms with Gasteiger partial charge in [0.25, 0.3) is 5.92 Å². The van der Waals surface area contributed by atoms with Gasteiger partial charge in [0.15, 0.2) is 6.04 Å². The molecule has 1 amide bonds. The molecule has 0 spiro atoms. The number of esters is 2. The van der Waals surface area contributed by atoms with Gasteiger partial charge in [0.2, 0.25) is 0 Å². The normalized spacial score (nSPS) is 11.7. The number of alkyl carbamates (subject to hydrolysis) is 1. The molecule has 9 heteroatoms. The smallest absolute Gasteiger partial charge is 0.408 e. The second-order valence-electron chi connectivity index (χ2n) is 7.82. The number of hydrogen-bond donors (Lipinski definition) is 1. The van der Waals surface area contributed by atoms with E-state index in [9.17, 15) is 14.4 Å². The summed E-state index contributed by atoms with van der Waals surface area (Å²) in [5.74, 6) is -6.69. The highest BCUT2D eigenvalue weighted by Crippen LogP contribution is 2.26. The van der Waals surface area contributed by atoms with Gasteiger partial charge in [0.05, 0.1) is 0 Å². The number of alkyl halides is 2. The Morgan fingerprint density at radius 3 is 1.56 bits per heavy atom. The molecule has 0 saturated heterocycles. The number of benzene rings is 3. The van der Waals surface area contributed by atoms with Crippen molar-refractivity contribution in [2.24, 2.45) is 0 Å². The van der Waals surface area contributed by atoms with Crippen molar-refractivity contribution in [3.8, 4) is 0 Å². The molecule has 1 atom stereocenters. The predicted molar refractivity (Wildman–Crippen MR) is 126 cm³/mol. The number of carbonyl (C=O) groups excluding carboxylic acids is 3. The molecule has 0 heterocycles. The van der Waals surface area contributed by atoms with Gasteiger partial charge in [-0.05, 0) is 16.7 Å². The molecule has 0 fully saturated rings. The Labute approximate surface area is 207 Å². The first-order chi connectivity index (χ1) is 17.3. The third-order valence-electron chi connectivity index (χ3n) is 4.98. The van der Waals surface area contributed by atoms with E-state index in [0.717, 1.165) is 0 Å². The van der Waals surface area contributed by atoms with Crippen LogP contribution in [0.4, 0.5) is 13.6 Å². The lowest BCUT2D eigenvalue weighted by Crippen LogP contribution is -2.54. The van der Waals surface area contributed by atoms with Crippen LogP contribution in [0.25, 0.3) is 0 Å². The summed E-state index contributed by atoms with van der Waals surface area (Å²) in [6, 6.07) is 23.0. The molecule has 0 aliphatic rings. The van der Waals surface area contributed by atoms with Crippen molar-refractivity contribution in [2.45, 2.75) is 38.2 Å². The van der Waals surface area contributed by atoms with Gasteiger partial charge in [-0.25, -0.2) is 18.4 Å². The van der Waals surface area contributed by atoms with Crippen LogP contribution < -0.4 is 5.32 Å². The van der Waals surface area contributed by atoms with Crippen LogP contribution >= 0.6 is 0 Å². The number of nitrogens with one attached hydrogen (secondary N) is 1. The molecule has 0 saturated carbocycles. The van der Waals surface area contributed by atoms with Gasteiger partial charge in [-0.1, -0.05) is 91.0 Å². The van der Waals surface area contributed by atoms with Crippen molar-refractivity contribution >= 4 is 18.0 Å². The molecule has 0 aromatic heterocycles. The number of halogens is 2. The molecule has 0 aliphatic heterocycles. The van der Waals surface area contributed by atoms with Gasteiger partial charge in [-0.2, -0.15) is 0 Å². The molecule has 0 bridgehead atoms. The SMILES string of the molecule is O=C(CC(F)(F)[C@@H](NC(=O)OCc1ccccc1)C(=O)OCc1ccccc1)OCc1ccccc1. The molecule has 0 aliphatic carbocycles. The Bertz CT molecular complexity index is 1130. The molecule has 36 heavy (non-hydrogen) atoms. The Hall–Kier alpha value is -4.27. The lowest BCUT2D eigenvalue weighted by Gasteiger charge is -2.25. The van der Waals surface area contributed by atoms with Crippen LogP contribution in [0.2, 0.25) is 0 Å². The average Bonchev–Trinajstić information content (AvgIpc) is 2.89.